The minimum Gasteiger partial charge on any atom is -0.490 e. The molecule has 0 aliphatic heterocycles. The number of carbonyl (C=O) groups is 2. The van der Waals surface area contributed by atoms with Gasteiger partial charge in [-0.05, 0) is 37.5 Å². The zero-order chi connectivity index (χ0) is 16.8. The van der Waals surface area contributed by atoms with Crippen molar-refractivity contribution in [2.75, 3.05) is 26.8 Å². The molecule has 0 atom stereocenters. The summed E-state index contributed by atoms with van der Waals surface area (Å²) in [4.78, 5) is 24.8. The Morgan fingerprint density at radius 1 is 1.26 bits per heavy atom. The zero-order valence-corrected chi connectivity index (χ0v) is 13.6. The van der Waals surface area contributed by atoms with Crippen LogP contribution in [-0.4, -0.2) is 48.7 Å². The highest BCUT2D eigenvalue weighted by atomic mass is 16.5. The molecule has 1 amide bonds. The maximum Gasteiger partial charge on any atom is 0.341 e. The molecule has 0 unspecified atom stereocenters. The number of carboxylic acids is 1. The molecule has 6 heteroatoms. The molecule has 1 N–H and O–H groups in total. The molecule has 0 heterocycles. The van der Waals surface area contributed by atoms with Crippen LogP contribution in [-0.2, 0) is 4.79 Å². The first-order valence-corrected chi connectivity index (χ1v) is 7.88. The summed E-state index contributed by atoms with van der Waals surface area (Å²) in [6.45, 7) is 2.51. The van der Waals surface area contributed by atoms with E-state index in [1.54, 1.807) is 30.1 Å². The van der Waals surface area contributed by atoms with Crippen molar-refractivity contribution in [3.63, 3.8) is 0 Å². The van der Waals surface area contributed by atoms with Gasteiger partial charge in [-0.1, -0.05) is 12.8 Å². The third-order valence-corrected chi connectivity index (χ3v) is 3.76. The van der Waals surface area contributed by atoms with Crippen LogP contribution in [0.3, 0.4) is 0 Å². The SMILES string of the molecule is CCOc1cc(C(=O)N(C)CCC2CC2)ccc1OCC(=O)O. The van der Waals surface area contributed by atoms with E-state index in [-0.39, 0.29) is 5.91 Å². The molecule has 126 valence electrons. The number of nitrogens with zero attached hydrogens (tertiary/aromatic N) is 1. The number of carbonyl (C=O) groups excluding carboxylic acids is 1. The maximum absolute atomic E-state index is 12.4. The Morgan fingerprint density at radius 3 is 2.61 bits per heavy atom. The minimum absolute atomic E-state index is 0.0728. The van der Waals surface area contributed by atoms with Crippen LogP contribution in [0.5, 0.6) is 11.5 Å². The summed E-state index contributed by atoms with van der Waals surface area (Å²) in [5.41, 5.74) is 0.509. The van der Waals surface area contributed by atoms with E-state index in [1.807, 2.05) is 6.92 Å². The average molecular weight is 321 g/mol. The van der Waals surface area contributed by atoms with E-state index in [2.05, 4.69) is 0 Å². The lowest BCUT2D eigenvalue weighted by atomic mass is 10.1. The number of hydrogen-bond donors (Lipinski definition) is 1. The topological polar surface area (TPSA) is 76.1 Å². The standard InChI is InChI=1S/C17H23NO5/c1-3-22-15-10-13(6-7-14(15)23-11-16(19)20)17(21)18(2)9-8-12-4-5-12/h6-7,10,12H,3-5,8-9,11H2,1-2H3,(H,19,20). The Morgan fingerprint density at radius 2 is 2.00 bits per heavy atom. The molecule has 6 nitrogen and oxygen atoms in total. The quantitative estimate of drug-likeness (QED) is 0.756. The van der Waals surface area contributed by atoms with Crippen molar-refractivity contribution in [3.05, 3.63) is 23.8 Å². The molecule has 0 aromatic heterocycles. The van der Waals surface area contributed by atoms with Crippen molar-refractivity contribution in [2.24, 2.45) is 5.92 Å². The Balaban J connectivity index is 2.06. The van der Waals surface area contributed by atoms with Crippen molar-refractivity contribution < 1.29 is 24.2 Å². The van der Waals surface area contributed by atoms with Crippen LogP contribution in [0.25, 0.3) is 0 Å². The monoisotopic (exact) mass is 321 g/mol. The molecule has 1 aliphatic carbocycles. The normalized spacial score (nSPS) is 13.5. The summed E-state index contributed by atoms with van der Waals surface area (Å²) in [6.07, 6.45) is 3.58. The molecule has 2 rings (SSSR count). The van der Waals surface area contributed by atoms with E-state index in [1.165, 1.54) is 12.8 Å². The summed E-state index contributed by atoms with van der Waals surface area (Å²) in [5.74, 6) is 0.349. The summed E-state index contributed by atoms with van der Waals surface area (Å²) < 4.78 is 10.6. The molecule has 1 saturated carbocycles. The molecule has 0 radical (unpaired) electrons. The largest absolute Gasteiger partial charge is 0.490 e. The fourth-order valence-corrected chi connectivity index (χ4v) is 2.27. The minimum atomic E-state index is -1.06. The van der Waals surface area contributed by atoms with Gasteiger partial charge in [-0.3, -0.25) is 4.79 Å². The van der Waals surface area contributed by atoms with Crippen LogP contribution >= 0.6 is 0 Å². The van der Waals surface area contributed by atoms with Gasteiger partial charge in [0.1, 0.15) is 0 Å². The van der Waals surface area contributed by atoms with Crippen molar-refractivity contribution in [1.29, 1.82) is 0 Å². The van der Waals surface area contributed by atoms with Crippen LogP contribution in [0.15, 0.2) is 18.2 Å². The Labute approximate surface area is 136 Å². The van der Waals surface area contributed by atoms with Crippen LogP contribution < -0.4 is 9.47 Å². The van der Waals surface area contributed by atoms with Gasteiger partial charge in [-0.2, -0.15) is 0 Å². The molecule has 1 aromatic rings. The number of amides is 1. The highest BCUT2D eigenvalue weighted by molar-refractivity contribution is 5.94. The lowest BCUT2D eigenvalue weighted by Gasteiger charge is -2.18. The summed E-state index contributed by atoms with van der Waals surface area (Å²) in [7, 11) is 1.79. The molecule has 0 saturated heterocycles. The fourth-order valence-electron chi connectivity index (χ4n) is 2.27. The Hall–Kier alpha value is -2.24. The van der Waals surface area contributed by atoms with Crippen LogP contribution in [0, 0.1) is 5.92 Å². The highest BCUT2D eigenvalue weighted by Crippen LogP contribution is 2.33. The number of rotatable bonds is 9. The van der Waals surface area contributed by atoms with Crippen LogP contribution in [0.4, 0.5) is 0 Å². The van der Waals surface area contributed by atoms with Crippen LogP contribution in [0.1, 0.15) is 36.5 Å². The molecule has 0 spiro atoms. The predicted molar refractivity (Wildman–Crippen MR) is 85.0 cm³/mol. The Kier molecular flexibility index (Phi) is 5.84. The van der Waals surface area contributed by atoms with Gasteiger partial charge in [0.25, 0.3) is 5.91 Å². The molecular formula is C17H23NO5. The first-order valence-electron chi connectivity index (χ1n) is 7.88. The van der Waals surface area contributed by atoms with Gasteiger partial charge in [-0.25, -0.2) is 4.79 Å². The third kappa shape index (κ3) is 5.16. The highest BCUT2D eigenvalue weighted by Gasteiger charge is 2.23. The second kappa shape index (κ2) is 7.85. The van der Waals surface area contributed by atoms with Crippen LogP contribution in [0.2, 0.25) is 0 Å². The average Bonchev–Trinajstić information content (AvgIpc) is 3.35. The van der Waals surface area contributed by atoms with Gasteiger partial charge in [-0.15, -0.1) is 0 Å². The van der Waals surface area contributed by atoms with Crippen molar-refractivity contribution in [3.8, 4) is 11.5 Å². The van der Waals surface area contributed by atoms with Gasteiger partial charge in [0.05, 0.1) is 6.61 Å². The summed E-state index contributed by atoms with van der Waals surface area (Å²) in [5, 5.41) is 8.69. The van der Waals surface area contributed by atoms with E-state index in [9.17, 15) is 9.59 Å². The lowest BCUT2D eigenvalue weighted by Crippen LogP contribution is -2.28. The lowest BCUT2D eigenvalue weighted by molar-refractivity contribution is -0.139. The van der Waals surface area contributed by atoms with Gasteiger partial charge < -0.3 is 19.5 Å². The van der Waals surface area contributed by atoms with E-state index in [0.717, 1.165) is 18.9 Å². The van der Waals surface area contributed by atoms with Crippen molar-refractivity contribution in [1.82, 2.24) is 4.90 Å². The van der Waals surface area contributed by atoms with Gasteiger partial charge in [0.2, 0.25) is 0 Å². The fraction of sp³-hybridized carbons (Fsp3) is 0.529. The maximum atomic E-state index is 12.4. The first-order chi connectivity index (χ1) is 11.0. The number of benzene rings is 1. The van der Waals surface area contributed by atoms with Gasteiger partial charge in [0, 0.05) is 19.2 Å². The van der Waals surface area contributed by atoms with Gasteiger partial charge in [0.15, 0.2) is 18.1 Å². The van der Waals surface area contributed by atoms with E-state index >= 15 is 0 Å². The van der Waals surface area contributed by atoms with E-state index < -0.39 is 12.6 Å². The van der Waals surface area contributed by atoms with E-state index in [4.69, 9.17) is 14.6 Å². The molecule has 23 heavy (non-hydrogen) atoms. The zero-order valence-electron chi connectivity index (χ0n) is 13.6. The summed E-state index contributed by atoms with van der Waals surface area (Å²) in [6, 6.07) is 4.82. The predicted octanol–water partition coefficient (Wildman–Crippen LogP) is 2.42. The summed E-state index contributed by atoms with van der Waals surface area (Å²) >= 11 is 0. The molecule has 0 bridgehead atoms. The molecule has 1 aromatic carbocycles. The molecule has 1 fully saturated rings. The number of aliphatic carboxylic acids is 1. The smallest absolute Gasteiger partial charge is 0.341 e. The molecule has 1 aliphatic rings. The van der Waals surface area contributed by atoms with E-state index in [0.29, 0.717) is 23.7 Å². The number of hydrogen-bond acceptors (Lipinski definition) is 4. The molecular weight excluding hydrogens is 298 g/mol. The second-order valence-corrected chi connectivity index (χ2v) is 5.74. The second-order valence-electron chi connectivity index (χ2n) is 5.74. The first kappa shape index (κ1) is 17.1. The third-order valence-electron chi connectivity index (χ3n) is 3.76. The van der Waals surface area contributed by atoms with Gasteiger partial charge >= 0.3 is 5.97 Å². The Bertz CT molecular complexity index is 568. The van der Waals surface area contributed by atoms with Crippen molar-refractivity contribution in [2.45, 2.75) is 26.2 Å². The number of ether oxygens (including phenoxy) is 2. The van der Waals surface area contributed by atoms with Crippen molar-refractivity contribution >= 4 is 11.9 Å². The number of carboxylic acid groups (broad SMARTS) is 1.